The predicted octanol–water partition coefficient (Wildman–Crippen LogP) is 4.56. The lowest BCUT2D eigenvalue weighted by atomic mass is 9.75. The van der Waals surface area contributed by atoms with Crippen LogP contribution in [0.1, 0.15) is 61.8 Å². The zero-order chi connectivity index (χ0) is 25.2. The van der Waals surface area contributed by atoms with Crippen molar-refractivity contribution in [2.45, 2.75) is 75.8 Å². The van der Waals surface area contributed by atoms with E-state index in [0.717, 1.165) is 5.56 Å². The number of halogens is 3. The Hall–Kier alpha value is -2.13. The molecule has 35 heavy (non-hydrogen) atoms. The third-order valence-electron chi connectivity index (χ3n) is 7.29. The summed E-state index contributed by atoms with van der Waals surface area (Å²) in [5.41, 5.74) is 1.71. The van der Waals surface area contributed by atoms with Gasteiger partial charge in [0.2, 0.25) is 5.92 Å². The van der Waals surface area contributed by atoms with Gasteiger partial charge in [-0.1, -0.05) is 25.1 Å². The second kappa shape index (κ2) is 10.5. The lowest BCUT2D eigenvalue weighted by Gasteiger charge is -2.36. The Morgan fingerprint density at radius 2 is 1.71 bits per heavy atom. The van der Waals surface area contributed by atoms with Crippen LogP contribution in [0.3, 0.4) is 0 Å². The molecule has 1 saturated carbocycles. The van der Waals surface area contributed by atoms with Crippen molar-refractivity contribution in [1.29, 1.82) is 0 Å². The summed E-state index contributed by atoms with van der Waals surface area (Å²) in [6, 6.07) is 11.9. The zero-order valence-electron chi connectivity index (χ0n) is 19.8. The molecule has 4 rings (SSSR count). The minimum Gasteiger partial charge on any atom is -0.493 e. The Morgan fingerprint density at radius 1 is 1.03 bits per heavy atom. The highest BCUT2D eigenvalue weighted by Crippen LogP contribution is 2.43. The molecule has 0 bridgehead atoms. The van der Waals surface area contributed by atoms with Crippen molar-refractivity contribution in [2.75, 3.05) is 13.2 Å². The fourth-order valence-electron chi connectivity index (χ4n) is 4.79. The van der Waals surface area contributed by atoms with E-state index >= 15 is 0 Å². The van der Waals surface area contributed by atoms with Crippen LogP contribution in [0.2, 0.25) is 0 Å². The monoisotopic (exact) mass is 494 g/mol. The first-order valence-electron chi connectivity index (χ1n) is 12.1. The van der Waals surface area contributed by atoms with Gasteiger partial charge < -0.3 is 24.8 Å². The topological polar surface area (TPSA) is 79.2 Å². The highest BCUT2D eigenvalue weighted by Gasteiger charge is 2.41. The summed E-state index contributed by atoms with van der Waals surface area (Å²) in [6.07, 6.45) is -2.58. The van der Waals surface area contributed by atoms with E-state index in [-0.39, 0.29) is 30.5 Å². The number of aliphatic hydroxyl groups excluding tert-OH is 3. The first-order valence-corrected chi connectivity index (χ1v) is 12.1. The molecule has 3 unspecified atom stereocenters. The van der Waals surface area contributed by atoms with E-state index in [1.807, 2.05) is 19.1 Å². The second-order valence-electron chi connectivity index (χ2n) is 10.3. The van der Waals surface area contributed by atoms with Gasteiger partial charge in [0.05, 0.1) is 25.4 Å². The van der Waals surface area contributed by atoms with Gasteiger partial charge in [0.15, 0.2) is 0 Å². The number of rotatable bonds is 7. The Balaban J connectivity index is 1.38. The molecule has 4 atom stereocenters. The number of benzene rings is 2. The molecule has 5 nitrogen and oxygen atoms in total. The summed E-state index contributed by atoms with van der Waals surface area (Å²) < 4.78 is 53.1. The van der Waals surface area contributed by atoms with Gasteiger partial charge in [0, 0.05) is 31.1 Å². The van der Waals surface area contributed by atoms with Crippen LogP contribution in [0.4, 0.5) is 13.2 Å². The number of hydrogen-bond acceptors (Lipinski definition) is 5. The summed E-state index contributed by atoms with van der Waals surface area (Å²) in [6.45, 7) is 1.92. The molecule has 1 aliphatic carbocycles. The summed E-state index contributed by atoms with van der Waals surface area (Å²) in [7, 11) is 0. The first kappa shape index (κ1) is 25.9. The van der Waals surface area contributed by atoms with Crippen LogP contribution < -0.4 is 4.74 Å². The molecule has 1 heterocycles. The summed E-state index contributed by atoms with van der Waals surface area (Å²) in [5.74, 6) is -2.30. The predicted molar refractivity (Wildman–Crippen MR) is 124 cm³/mol. The van der Waals surface area contributed by atoms with Gasteiger partial charge in [-0.25, -0.2) is 13.2 Å². The fraction of sp³-hybridized carbons (Fsp3) is 0.556. The van der Waals surface area contributed by atoms with E-state index in [2.05, 4.69) is 0 Å². The van der Waals surface area contributed by atoms with Crippen molar-refractivity contribution < 1.29 is 38.0 Å². The average Bonchev–Trinajstić information content (AvgIpc) is 2.84. The number of ether oxygens (including phenoxy) is 2. The van der Waals surface area contributed by atoms with E-state index in [4.69, 9.17) is 9.47 Å². The van der Waals surface area contributed by atoms with Gasteiger partial charge in [-0.15, -0.1) is 0 Å². The van der Waals surface area contributed by atoms with E-state index in [9.17, 15) is 28.5 Å². The highest BCUT2D eigenvalue weighted by molar-refractivity contribution is 5.34. The van der Waals surface area contributed by atoms with Gasteiger partial charge in [0.1, 0.15) is 23.8 Å². The minimum atomic E-state index is -2.57. The standard InChI is InChI=1S/C27H33F3O5/c1-26(8-10-27(29,30)11-9-26)16-34-20-5-2-17(3-6-20)12-19-13-18(4-7-21(19)28)23-14-22(32)25(33)24(15-31)35-23/h2-7,13,22-25,31-33H,8-12,14-16H2,1H3/t22?,23?,24?,25-/m0/s1. The molecule has 3 N–H and O–H groups in total. The molecular weight excluding hydrogens is 461 g/mol. The van der Waals surface area contributed by atoms with Gasteiger partial charge in [0.25, 0.3) is 0 Å². The van der Waals surface area contributed by atoms with Crippen molar-refractivity contribution in [3.8, 4) is 5.75 Å². The van der Waals surface area contributed by atoms with Crippen LogP contribution in [0.5, 0.6) is 5.75 Å². The van der Waals surface area contributed by atoms with Gasteiger partial charge in [-0.05, 0) is 53.8 Å². The normalized spacial score (nSPS) is 28.0. The van der Waals surface area contributed by atoms with Crippen molar-refractivity contribution in [2.24, 2.45) is 5.41 Å². The van der Waals surface area contributed by atoms with Gasteiger partial charge >= 0.3 is 0 Å². The van der Waals surface area contributed by atoms with Crippen LogP contribution in [0.15, 0.2) is 42.5 Å². The third kappa shape index (κ3) is 6.36. The Bertz CT molecular complexity index is 987. The number of alkyl halides is 2. The van der Waals surface area contributed by atoms with Crippen LogP contribution in [0, 0.1) is 11.2 Å². The van der Waals surface area contributed by atoms with Crippen molar-refractivity contribution >= 4 is 0 Å². The van der Waals surface area contributed by atoms with Crippen molar-refractivity contribution in [3.63, 3.8) is 0 Å². The summed E-state index contributed by atoms with van der Waals surface area (Å²) in [5, 5.41) is 29.4. The van der Waals surface area contributed by atoms with Crippen LogP contribution in [-0.2, 0) is 11.2 Å². The summed E-state index contributed by atoms with van der Waals surface area (Å²) >= 11 is 0. The lowest BCUT2D eigenvalue weighted by molar-refractivity contribution is -0.181. The lowest BCUT2D eigenvalue weighted by Crippen LogP contribution is -2.47. The second-order valence-corrected chi connectivity index (χ2v) is 10.3. The molecular formula is C27H33F3O5. The third-order valence-corrected chi connectivity index (χ3v) is 7.29. The molecule has 0 amide bonds. The molecule has 2 aromatic carbocycles. The van der Waals surface area contributed by atoms with E-state index < -0.39 is 36.9 Å². The molecule has 0 spiro atoms. The number of aliphatic hydroxyl groups is 3. The molecule has 0 aromatic heterocycles. The first-order chi connectivity index (χ1) is 16.6. The molecule has 2 fully saturated rings. The molecule has 0 radical (unpaired) electrons. The molecule has 1 saturated heterocycles. The summed E-state index contributed by atoms with van der Waals surface area (Å²) in [4.78, 5) is 0. The molecule has 2 aromatic rings. The fourth-order valence-corrected chi connectivity index (χ4v) is 4.79. The molecule has 8 heteroatoms. The van der Waals surface area contributed by atoms with Gasteiger partial charge in [-0.2, -0.15) is 0 Å². The smallest absolute Gasteiger partial charge is 0.248 e. The minimum absolute atomic E-state index is 0.109. The SMILES string of the molecule is CC1(COc2ccc(Cc3cc(C4CC(O)[C@H](O)C(CO)O4)ccc3F)cc2)CCC(F)(F)CC1. The van der Waals surface area contributed by atoms with Crippen molar-refractivity contribution in [1.82, 2.24) is 0 Å². The van der Waals surface area contributed by atoms with Crippen LogP contribution in [0.25, 0.3) is 0 Å². The molecule has 192 valence electrons. The van der Waals surface area contributed by atoms with Crippen LogP contribution >= 0.6 is 0 Å². The maximum absolute atomic E-state index is 14.6. The zero-order valence-corrected chi connectivity index (χ0v) is 19.8. The Kier molecular flexibility index (Phi) is 7.76. The largest absolute Gasteiger partial charge is 0.493 e. The highest BCUT2D eigenvalue weighted by atomic mass is 19.3. The van der Waals surface area contributed by atoms with E-state index in [1.165, 1.54) is 6.07 Å². The molecule has 2 aliphatic rings. The Morgan fingerprint density at radius 3 is 2.37 bits per heavy atom. The van der Waals surface area contributed by atoms with E-state index in [0.29, 0.717) is 42.7 Å². The average molecular weight is 495 g/mol. The van der Waals surface area contributed by atoms with Crippen molar-refractivity contribution in [3.05, 3.63) is 65.0 Å². The number of hydrogen-bond donors (Lipinski definition) is 3. The maximum atomic E-state index is 14.6. The van der Waals surface area contributed by atoms with Crippen LogP contribution in [-0.4, -0.2) is 52.8 Å². The maximum Gasteiger partial charge on any atom is 0.248 e. The van der Waals surface area contributed by atoms with E-state index in [1.54, 1.807) is 24.3 Å². The molecule has 1 aliphatic heterocycles. The van der Waals surface area contributed by atoms with Gasteiger partial charge in [-0.3, -0.25) is 0 Å². The Labute approximate surface area is 203 Å². The quantitative estimate of drug-likeness (QED) is 0.526.